The lowest BCUT2D eigenvalue weighted by molar-refractivity contribution is -0.141. The lowest BCUT2D eigenvalue weighted by Gasteiger charge is -2.30. The van der Waals surface area contributed by atoms with Crippen molar-refractivity contribution in [3.8, 4) is 0 Å². The van der Waals surface area contributed by atoms with E-state index in [0.29, 0.717) is 5.75 Å². The van der Waals surface area contributed by atoms with Gasteiger partial charge >= 0.3 is 0 Å². The van der Waals surface area contributed by atoms with Gasteiger partial charge in [0.15, 0.2) is 0 Å². The van der Waals surface area contributed by atoms with E-state index in [1.54, 1.807) is 24.3 Å². The average Bonchev–Trinajstić information content (AvgIpc) is 3.47. The van der Waals surface area contributed by atoms with Crippen LogP contribution in [-0.4, -0.2) is 95.7 Å². The number of hydrogen-bond acceptors (Lipinski definition) is 8. The SMILES string of the molecule is CSCC[C@H](NC(=O)[C@H](CC(C)C)N1CC[C@@H](NC(=O)[C@H](Cc2ccccc2)NC(=O)[C@H](Cc2ccccc2)NC(=O)CN)C1=O)C(=O)N=[N+]=[N-]. The van der Waals surface area contributed by atoms with Gasteiger partial charge in [0.05, 0.1) is 12.6 Å². The Morgan fingerprint density at radius 3 is 2.00 bits per heavy atom. The summed E-state index contributed by atoms with van der Waals surface area (Å²) >= 11 is 1.46. The highest BCUT2D eigenvalue weighted by Crippen LogP contribution is 2.21. The van der Waals surface area contributed by atoms with Crippen LogP contribution in [0.25, 0.3) is 10.4 Å². The van der Waals surface area contributed by atoms with Crippen molar-refractivity contribution in [3.63, 3.8) is 0 Å². The third-order valence-corrected chi connectivity index (χ3v) is 8.98. The highest BCUT2D eigenvalue weighted by Gasteiger charge is 2.41. The van der Waals surface area contributed by atoms with E-state index < -0.39 is 65.7 Å². The van der Waals surface area contributed by atoms with Gasteiger partial charge in [-0.05, 0) is 59.0 Å². The molecule has 2 aromatic carbocycles. The second-order valence-corrected chi connectivity index (χ2v) is 13.6. The van der Waals surface area contributed by atoms with E-state index in [0.717, 1.165) is 11.1 Å². The average molecular weight is 722 g/mol. The van der Waals surface area contributed by atoms with Crippen molar-refractivity contribution in [1.29, 1.82) is 0 Å². The van der Waals surface area contributed by atoms with Crippen LogP contribution in [-0.2, 0) is 41.6 Å². The first-order chi connectivity index (χ1) is 24.5. The Bertz CT molecular complexity index is 1560. The molecule has 1 fully saturated rings. The Balaban J connectivity index is 1.80. The molecular formula is C35H47N9O6S. The molecule has 0 unspecified atom stereocenters. The number of carbonyl (C=O) groups excluding carboxylic acids is 6. The van der Waals surface area contributed by atoms with E-state index in [4.69, 9.17) is 11.3 Å². The molecule has 0 aromatic heterocycles. The van der Waals surface area contributed by atoms with Gasteiger partial charge in [-0.1, -0.05) is 74.5 Å². The molecule has 0 saturated carbocycles. The van der Waals surface area contributed by atoms with Crippen molar-refractivity contribution >= 4 is 47.2 Å². The van der Waals surface area contributed by atoms with Gasteiger partial charge in [0.2, 0.25) is 35.4 Å². The van der Waals surface area contributed by atoms with Gasteiger partial charge in [-0.2, -0.15) is 11.8 Å². The predicted molar refractivity (Wildman–Crippen MR) is 194 cm³/mol. The van der Waals surface area contributed by atoms with Crippen molar-refractivity contribution in [3.05, 3.63) is 82.2 Å². The van der Waals surface area contributed by atoms with Crippen LogP contribution in [0, 0.1) is 5.92 Å². The van der Waals surface area contributed by atoms with Crippen LogP contribution < -0.4 is 27.0 Å². The van der Waals surface area contributed by atoms with Gasteiger partial charge in [0.1, 0.15) is 24.2 Å². The van der Waals surface area contributed by atoms with Crippen molar-refractivity contribution in [2.24, 2.45) is 16.8 Å². The summed E-state index contributed by atoms with van der Waals surface area (Å²) in [4.78, 5) is 83.5. The summed E-state index contributed by atoms with van der Waals surface area (Å²) in [5.74, 6) is -3.09. The molecule has 0 bridgehead atoms. The highest BCUT2D eigenvalue weighted by molar-refractivity contribution is 7.98. The predicted octanol–water partition coefficient (Wildman–Crippen LogP) is 1.61. The molecule has 0 radical (unpaired) electrons. The maximum atomic E-state index is 13.9. The Labute approximate surface area is 301 Å². The first kappa shape index (κ1) is 40.5. The minimum Gasteiger partial charge on any atom is -0.344 e. The topological polar surface area (TPSA) is 229 Å². The van der Waals surface area contributed by atoms with Crippen LogP contribution in [0.4, 0.5) is 0 Å². The lowest BCUT2D eigenvalue weighted by atomic mass is 10.0. The number of azide groups is 1. The summed E-state index contributed by atoms with van der Waals surface area (Å²) in [7, 11) is 0. The molecule has 1 aliphatic heterocycles. The number of hydrogen-bond donors (Lipinski definition) is 5. The van der Waals surface area contributed by atoms with Crippen molar-refractivity contribution < 1.29 is 28.8 Å². The summed E-state index contributed by atoms with van der Waals surface area (Å²) < 4.78 is 0. The van der Waals surface area contributed by atoms with Gasteiger partial charge < -0.3 is 31.9 Å². The third-order valence-electron chi connectivity index (χ3n) is 8.33. The van der Waals surface area contributed by atoms with E-state index in [-0.39, 0.29) is 51.1 Å². The van der Waals surface area contributed by atoms with Crippen LogP contribution in [0.1, 0.15) is 44.2 Å². The second-order valence-electron chi connectivity index (χ2n) is 12.7. The number of amides is 6. The fourth-order valence-electron chi connectivity index (χ4n) is 5.76. The maximum Gasteiger partial charge on any atom is 0.245 e. The Morgan fingerprint density at radius 2 is 1.47 bits per heavy atom. The number of rotatable bonds is 19. The van der Waals surface area contributed by atoms with Crippen LogP contribution >= 0.6 is 11.8 Å². The summed E-state index contributed by atoms with van der Waals surface area (Å²) in [6.45, 7) is 3.63. The largest absolute Gasteiger partial charge is 0.344 e. The van der Waals surface area contributed by atoms with E-state index in [9.17, 15) is 28.8 Å². The van der Waals surface area contributed by atoms with Gasteiger partial charge in [-0.25, -0.2) is 0 Å². The first-order valence-corrected chi connectivity index (χ1v) is 18.2. The molecule has 274 valence electrons. The number of thioether (sulfide) groups is 1. The fourth-order valence-corrected chi connectivity index (χ4v) is 6.23. The third kappa shape index (κ3) is 12.7. The minimum absolute atomic E-state index is 0.00581. The zero-order valence-electron chi connectivity index (χ0n) is 29.1. The normalized spacial score (nSPS) is 16.3. The molecule has 0 spiro atoms. The summed E-state index contributed by atoms with van der Waals surface area (Å²) in [6, 6.07) is 13.0. The van der Waals surface area contributed by atoms with Crippen LogP contribution in [0.3, 0.4) is 0 Å². The Kier molecular flexibility index (Phi) is 16.4. The standard InChI is InChI=1S/C35H47N9O6S/c1-22(2)18-29(34(49)39-25(15-17-51-3)33(48)42-43-37)44-16-14-26(35(44)50)40-32(47)28(20-24-12-8-5-9-13-24)41-31(46)27(38-30(45)21-36)19-23-10-6-4-7-11-23/h4-13,22,25-29H,14-21,36H2,1-3H3,(H,38,45)(H,39,49)(H,40,47)(H,41,46)/t25-,26+,27-,28-,29-/m0/s1. The highest BCUT2D eigenvalue weighted by atomic mass is 32.2. The summed E-state index contributed by atoms with van der Waals surface area (Å²) in [6.07, 6.45) is 2.82. The number of nitrogens with one attached hydrogen (secondary N) is 4. The number of nitrogens with two attached hydrogens (primary N) is 1. The van der Waals surface area contributed by atoms with E-state index in [1.165, 1.54) is 16.7 Å². The van der Waals surface area contributed by atoms with Crippen LogP contribution in [0.2, 0.25) is 0 Å². The number of carbonyl (C=O) groups is 6. The molecule has 6 N–H and O–H groups in total. The van der Waals surface area contributed by atoms with Crippen molar-refractivity contribution in [2.45, 2.75) is 76.2 Å². The smallest absolute Gasteiger partial charge is 0.245 e. The molecule has 15 nitrogen and oxygen atoms in total. The van der Waals surface area contributed by atoms with E-state index >= 15 is 0 Å². The Morgan fingerprint density at radius 1 is 0.902 bits per heavy atom. The van der Waals surface area contributed by atoms with Gasteiger partial charge in [0.25, 0.3) is 0 Å². The summed E-state index contributed by atoms with van der Waals surface area (Å²) in [5, 5.41) is 14.0. The van der Waals surface area contributed by atoms with E-state index in [1.807, 2.05) is 56.5 Å². The molecule has 16 heteroatoms. The lowest BCUT2D eigenvalue weighted by Crippen LogP contribution is -2.58. The molecule has 2 aromatic rings. The fraction of sp³-hybridized carbons (Fsp3) is 0.486. The van der Waals surface area contributed by atoms with Gasteiger partial charge in [-0.15, -0.1) is 0 Å². The molecule has 1 aliphatic rings. The monoisotopic (exact) mass is 721 g/mol. The van der Waals surface area contributed by atoms with Crippen LogP contribution in [0.5, 0.6) is 0 Å². The Hall–Kier alpha value is -4.92. The molecule has 51 heavy (non-hydrogen) atoms. The van der Waals surface area contributed by atoms with Crippen molar-refractivity contribution in [2.75, 3.05) is 25.1 Å². The van der Waals surface area contributed by atoms with Crippen LogP contribution in [0.15, 0.2) is 65.8 Å². The molecule has 3 rings (SSSR count). The molecule has 0 aliphatic carbocycles. The number of benzene rings is 2. The quantitative estimate of drug-likeness (QED) is 0.0811. The zero-order valence-corrected chi connectivity index (χ0v) is 29.9. The zero-order chi connectivity index (χ0) is 37.3. The summed E-state index contributed by atoms with van der Waals surface area (Å²) in [5.41, 5.74) is 15.8. The maximum absolute atomic E-state index is 13.9. The number of likely N-dealkylation sites (tertiary alicyclic amines) is 1. The molecule has 1 saturated heterocycles. The van der Waals surface area contributed by atoms with Gasteiger partial charge in [0, 0.05) is 24.3 Å². The minimum atomic E-state index is -1.12. The molecule has 1 heterocycles. The number of nitrogens with zero attached hydrogens (tertiary/aromatic N) is 4. The molecule has 5 atom stereocenters. The van der Waals surface area contributed by atoms with E-state index in [2.05, 4.69) is 31.3 Å². The first-order valence-electron chi connectivity index (χ1n) is 16.8. The van der Waals surface area contributed by atoms with Crippen molar-refractivity contribution in [1.82, 2.24) is 26.2 Å². The molecular weight excluding hydrogens is 675 g/mol. The molecule has 6 amide bonds. The second kappa shape index (κ2) is 20.7. The van der Waals surface area contributed by atoms with Gasteiger partial charge in [-0.3, -0.25) is 28.8 Å².